The van der Waals surface area contributed by atoms with Crippen molar-refractivity contribution in [2.75, 3.05) is 6.54 Å². The van der Waals surface area contributed by atoms with Crippen molar-refractivity contribution in [1.82, 2.24) is 4.90 Å². The lowest BCUT2D eigenvalue weighted by molar-refractivity contribution is -0.133. The zero-order valence-corrected chi connectivity index (χ0v) is 10.7. The van der Waals surface area contributed by atoms with E-state index >= 15 is 0 Å². The molecule has 0 bridgehead atoms. The third kappa shape index (κ3) is 3.10. The molecule has 4 nitrogen and oxygen atoms in total. The highest BCUT2D eigenvalue weighted by molar-refractivity contribution is 5.85. The Labute approximate surface area is 103 Å². The van der Waals surface area contributed by atoms with Crippen LogP contribution in [0.5, 0.6) is 0 Å². The van der Waals surface area contributed by atoms with Crippen molar-refractivity contribution >= 4 is 18.3 Å². The Kier molecular flexibility index (Phi) is 6.39. The van der Waals surface area contributed by atoms with E-state index in [1.807, 2.05) is 13.8 Å². The summed E-state index contributed by atoms with van der Waals surface area (Å²) in [5.41, 5.74) is 5.87. The van der Waals surface area contributed by atoms with Gasteiger partial charge in [0.2, 0.25) is 5.91 Å². The number of amides is 1. The number of hydrogen-bond donors (Lipinski definition) is 1. The van der Waals surface area contributed by atoms with E-state index in [4.69, 9.17) is 11.0 Å². The fourth-order valence-electron chi connectivity index (χ4n) is 1.85. The first-order valence-electron chi connectivity index (χ1n) is 5.57. The van der Waals surface area contributed by atoms with Crippen LogP contribution in [0, 0.1) is 17.2 Å². The highest BCUT2D eigenvalue weighted by atomic mass is 35.5. The van der Waals surface area contributed by atoms with Gasteiger partial charge in [-0.1, -0.05) is 20.3 Å². The molecule has 1 fully saturated rings. The fourth-order valence-corrected chi connectivity index (χ4v) is 1.85. The van der Waals surface area contributed by atoms with Crippen LogP contribution in [0.2, 0.25) is 0 Å². The highest BCUT2D eigenvalue weighted by Crippen LogP contribution is 2.19. The van der Waals surface area contributed by atoms with Gasteiger partial charge in [-0.3, -0.25) is 4.79 Å². The van der Waals surface area contributed by atoms with Gasteiger partial charge in [0, 0.05) is 6.54 Å². The third-order valence-electron chi connectivity index (χ3n) is 3.23. The zero-order valence-electron chi connectivity index (χ0n) is 9.85. The van der Waals surface area contributed by atoms with E-state index in [0.717, 1.165) is 19.3 Å². The van der Waals surface area contributed by atoms with Gasteiger partial charge in [0.25, 0.3) is 0 Å². The molecule has 0 unspecified atom stereocenters. The van der Waals surface area contributed by atoms with Crippen LogP contribution in [0.3, 0.4) is 0 Å². The van der Waals surface area contributed by atoms with Crippen LogP contribution in [0.1, 0.15) is 33.1 Å². The summed E-state index contributed by atoms with van der Waals surface area (Å²) in [4.78, 5) is 13.6. The van der Waals surface area contributed by atoms with Crippen molar-refractivity contribution in [3.8, 4) is 6.07 Å². The van der Waals surface area contributed by atoms with Gasteiger partial charge in [-0.15, -0.1) is 12.4 Å². The van der Waals surface area contributed by atoms with E-state index in [0.29, 0.717) is 6.54 Å². The van der Waals surface area contributed by atoms with E-state index in [1.165, 1.54) is 0 Å². The van der Waals surface area contributed by atoms with Crippen molar-refractivity contribution in [2.45, 2.75) is 45.2 Å². The molecule has 0 radical (unpaired) electrons. The van der Waals surface area contributed by atoms with Crippen LogP contribution in [0.4, 0.5) is 0 Å². The average molecular weight is 246 g/mol. The van der Waals surface area contributed by atoms with Gasteiger partial charge in [0.05, 0.1) is 12.1 Å². The predicted octanol–water partition coefficient (Wildman–Crippen LogP) is 1.30. The molecule has 1 amide bonds. The van der Waals surface area contributed by atoms with Crippen molar-refractivity contribution in [2.24, 2.45) is 11.7 Å². The Morgan fingerprint density at radius 3 is 2.81 bits per heavy atom. The number of nitrogens with zero attached hydrogens (tertiary/aromatic N) is 2. The minimum atomic E-state index is -0.455. The average Bonchev–Trinajstić information content (AvgIpc) is 2.73. The molecule has 16 heavy (non-hydrogen) atoms. The van der Waals surface area contributed by atoms with E-state index < -0.39 is 6.04 Å². The van der Waals surface area contributed by atoms with Crippen LogP contribution in [0.25, 0.3) is 0 Å². The molecule has 0 aromatic rings. The van der Waals surface area contributed by atoms with E-state index in [2.05, 4.69) is 6.07 Å². The first-order chi connectivity index (χ1) is 7.11. The number of carbonyl (C=O) groups excluding carboxylic acids is 1. The maximum absolute atomic E-state index is 12.0. The number of carbonyl (C=O) groups is 1. The maximum Gasteiger partial charge on any atom is 0.240 e. The second kappa shape index (κ2) is 6.72. The Balaban J connectivity index is 0.00000225. The summed E-state index contributed by atoms with van der Waals surface area (Å²) in [6, 6.07) is 1.44. The fraction of sp³-hybridized carbons (Fsp3) is 0.818. The molecule has 0 saturated carbocycles. The standard InChI is InChI=1S/C11H19N3O.ClH/c1-3-8(2)10(13)11(15)14-6-4-5-9(14)7-12;/h8-10H,3-6,13H2,1-2H3;1H/t8-,9-,10-;/m0./s1. The summed E-state index contributed by atoms with van der Waals surface area (Å²) in [5, 5.41) is 8.88. The summed E-state index contributed by atoms with van der Waals surface area (Å²) >= 11 is 0. The van der Waals surface area contributed by atoms with Crippen molar-refractivity contribution in [3.05, 3.63) is 0 Å². The molecule has 92 valence electrons. The maximum atomic E-state index is 12.0. The van der Waals surface area contributed by atoms with Gasteiger partial charge in [-0.05, 0) is 18.8 Å². The lowest BCUT2D eigenvalue weighted by atomic mass is 9.99. The summed E-state index contributed by atoms with van der Waals surface area (Å²) in [5.74, 6) is 0.117. The Morgan fingerprint density at radius 2 is 2.31 bits per heavy atom. The first kappa shape index (κ1) is 15.2. The topological polar surface area (TPSA) is 70.1 Å². The number of nitriles is 1. The number of likely N-dealkylation sites (tertiary alicyclic amines) is 1. The van der Waals surface area contributed by atoms with Gasteiger partial charge >= 0.3 is 0 Å². The van der Waals surface area contributed by atoms with E-state index in [9.17, 15) is 4.79 Å². The molecule has 1 heterocycles. The smallest absolute Gasteiger partial charge is 0.240 e. The minimum absolute atomic E-state index is 0. The van der Waals surface area contributed by atoms with Crippen molar-refractivity contribution in [3.63, 3.8) is 0 Å². The van der Waals surface area contributed by atoms with Crippen LogP contribution in [-0.4, -0.2) is 29.4 Å². The largest absolute Gasteiger partial charge is 0.325 e. The van der Waals surface area contributed by atoms with Crippen LogP contribution >= 0.6 is 12.4 Å². The molecule has 2 N–H and O–H groups in total. The van der Waals surface area contributed by atoms with E-state index in [1.54, 1.807) is 4.90 Å². The summed E-state index contributed by atoms with van der Waals surface area (Å²) < 4.78 is 0. The molecule has 0 spiro atoms. The molecule has 1 aliphatic heterocycles. The molecule has 1 saturated heterocycles. The minimum Gasteiger partial charge on any atom is -0.325 e. The van der Waals surface area contributed by atoms with Gasteiger partial charge in [-0.2, -0.15) is 5.26 Å². The van der Waals surface area contributed by atoms with Gasteiger partial charge in [-0.25, -0.2) is 0 Å². The lowest BCUT2D eigenvalue weighted by Gasteiger charge is -2.26. The van der Waals surface area contributed by atoms with Crippen molar-refractivity contribution < 1.29 is 4.79 Å². The van der Waals surface area contributed by atoms with Crippen LogP contribution in [-0.2, 0) is 4.79 Å². The monoisotopic (exact) mass is 245 g/mol. The van der Waals surface area contributed by atoms with Crippen LogP contribution < -0.4 is 5.73 Å². The zero-order chi connectivity index (χ0) is 11.4. The quantitative estimate of drug-likeness (QED) is 0.815. The van der Waals surface area contributed by atoms with Crippen LogP contribution in [0.15, 0.2) is 0 Å². The number of halogens is 1. The van der Waals surface area contributed by atoms with Gasteiger partial charge < -0.3 is 10.6 Å². The molecular weight excluding hydrogens is 226 g/mol. The Bertz CT molecular complexity index is 277. The predicted molar refractivity (Wildman–Crippen MR) is 65.0 cm³/mol. The molecule has 3 atom stereocenters. The molecule has 1 aliphatic rings. The Morgan fingerprint density at radius 1 is 1.69 bits per heavy atom. The Hall–Kier alpha value is -0.790. The summed E-state index contributed by atoms with van der Waals surface area (Å²) in [6.07, 6.45) is 2.59. The SMILES string of the molecule is CC[C@H](C)[C@H](N)C(=O)N1CCC[C@H]1C#N.Cl. The second-order valence-corrected chi connectivity index (χ2v) is 4.23. The summed E-state index contributed by atoms with van der Waals surface area (Å²) in [7, 11) is 0. The molecular formula is C11H20ClN3O. The molecule has 0 aliphatic carbocycles. The lowest BCUT2D eigenvalue weighted by Crippen LogP contribution is -2.48. The molecule has 0 aromatic heterocycles. The molecule has 0 aromatic carbocycles. The molecule has 5 heteroatoms. The highest BCUT2D eigenvalue weighted by Gasteiger charge is 2.33. The summed E-state index contributed by atoms with van der Waals surface area (Å²) in [6.45, 7) is 4.67. The number of rotatable bonds is 3. The van der Waals surface area contributed by atoms with Gasteiger partial charge in [0.15, 0.2) is 0 Å². The normalized spacial score (nSPS) is 23.1. The second-order valence-electron chi connectivity index (χ2n) is 4.23. The first-order valence-corrected chi connectivity index (χ1v) is 5.57. The third-order valence-corrected chi connectivity index (χ3v) is 3.23. The van der Waals surface area contributed by atoms with E-state index in [-0.39, 0.29) is 30.3 Å². The van der Waals surface area contributed by atoms with Gasteiger partial charge in [0.1, 0.15) is 6.04 Å². The number of nitrogens with two attached hydrogens (primary N) is 1. The van der Waals surface area contributed by atoms with Crippen molar-refractivity contribution in [1.29, 1.82) is 5.26 Å². The number of hydrogen-bond acceptors (Lipinski definition) is 3. The molecule has 1 rings (SSSR count).